The summed E-state index contributed by atoms with van der Waals surface area (Å²) in [6.07, 6.45) is 4.50. The van der Waals surface area contributed by atoms with Crippen LogP contribution in [0.25, 0.3) is 122 Å². The summed E-state index contributed by atoms with van der Waals surface area (Å²) in [5.41, 5.74) is 17.1. The molecule has 0 saturated carbocycles. The molecule has 0 spiro atoms. The highest BCUT2D eigenvalue weighted by Crippen LogP contribution is 2.46. The van der Waals surface area contributed by atoms with Crippen molar-refractivity contribution >= 4 is 55.2 Å². The third-order valence-corrected chi connectivity index (χ3v) is 13.3. The first kappa shape index (κ1) is 39.0. The van der Waals surface area contributed by atoms with Gasteiger partial charge in [0.1, 0.15) is 0 Å². The lowest BCUT2D eigenvalue weighted by molar-refractivity contribution is 1.59. The Balaban J connectivity index is 0.902. The molecule has 0 nitrogen and oxygen atoms in total. The van der Waals surface area contributed by atoms with Gasteiger partial charge in [0.05, 0.1) is 0 Å². The van der Waals surface area contributed by atoms with Crippen molar-refractivity contribution in [1.82, 2.24) is 0 Å². The van der Waals surface area contributed by atoms with Gasteiger partial charge in [-0.25, -0.2) is 0 Å². The lowest BCUT2D eigenvalue weighted by Gasteiger charge is -2.19. The van der Waals surface area contributed by atoms with Crippen molar-refractivity contribution in [2.45, 2.75) is 0 Å². The zero-order valence-corrected chi connectivity index (χ0v) is 36.4. The molecule has 308 valence electrons. The van der Waals surface area contributed by atoms with Crippen molar-refractivity contribution in [2.75, 3.05) is 0 Å². The molecule has 0 aliphatic carbocycles. The van der Waals surface area contributed by atoms with E-state index in [2.05, 4.69) is 267 Å². The van der Waals surface area contributed by atoms with Gasteiger partial charge in [0.15, 0.2) is 0 Å². The first-order valence-corrected chi connectivity index (χ1v) is 22.8. The van der Waals surface area contributed by atoms with E-state index in [4.69, 9.17) is 0 Å². The smallest absolute Gasteiger partial charge is 0.00262 e. The van der Waals surface area contributed by atoms with E-state index in [1.54, 1.807) is 0 Å². The summed E-state index contributed by atoms with van der Waals surface area (Å²) in [7, 11) is 0. The van der Waals surface area contributed by atoms with E-state index in [9.17, 15) is 0 Å². The molecule has 0 radical (unpaired) electrons. The molecule has 0 N–H and O–H groups in total. The summed E-state index contributed by atoms with van der Waals surface area (Å²) in [4.78, 5) is 0. The molecule has 0 heterocycles. The summed E-state index contributed by atoms with van der Waals surface area (Å²) in [6, 6.07) is 93.0. The van der Waals surface area contributed by atoms with Gasteiger partial charge in [-0.05, 0) is 133 Å². The van der Waals surface area contributed by atoms with Crippen LogP contribution in [-0.2, 0) is 0 Å². The Morgan fingerprint density at radius 2 is 0.576 bits per heavy atom. The quantitative estimate of drug-likeness (QED) is 0.106. The number of fused-ring (bicyclic) bond motifs is 4. The summed E-state index contributed by atoms with van der Waals surface area (Å²) in [5.74, 6) is 0. The SMILES string of the molecule is C(=Cc1ccccc1-c1ccc2c(-c3ccccc3)c3ccccc3c(-c3ccccc3)c2c1)c1ccc(-c2cccc(-c3c4ccccc4c(-c4ccccc4)c4ccccc34)c2)cc1. The molecule has 12 aromatic rings. The molecule has 0 unspecified atom stereocenters. The van der Waals surface area contributed by atoms with E-state index in [-0.39, 0.29) is 0 Å². The van der Waals surface area contributed by atoms with E-state index in [0.29, 0.717) is 0 Å². The standard InChI is InChI=1S/C66H44/c1-4-20-48(21-5-1)63-56-30-13-16-33-59(56)66(60-34-17-14-31-57(60)63)53-27-18-26-51(43-53)46-38-35-45(36-39-46)37-40-47-19-10-11-28-54(47)52-41-42-61-62(44-52)65(50-24-8-3-9-25-50)58-32-15-12-29-55(58)64(61)49-22-6-2-7-23-49/h1-44H. The number of rotatable bonds is 8. The van der Waals surface area contributed by atoms with Gasteiger partial charge in [-0.3, -0.25) is 0 Å². The highest BCUT2D eigenvalue weighted by molar-refractivity contribution is 6.23. The molecule has 0 aliphatic heterocycles. The van der Waals surface area contributed by atoms with Gasteiger partial charge < -0.3 is 0 Å². The fourth-order valence-corrected chi connectivity index (χ4v) is 10.3. The van der Waals surface area contributed by atoms with Gasteiger partial charge in [-0.15, -0.1) is 0 Å². The van der Waals surface area contributed by atoms with Gasteiger partial charge in [-0.1, -0.05) is 255 Å². The van der Waals surface area contributed by atoms with Crippen LogP contribution in [-0.4, -0.2) is 0 Å². The maximum atomic E-state index is 2.41. The van der Waals surface area contributed by atoms with Crippen molar-refractivity contribution in [2.24, 2.45) is 0 Å². The van der Waals surface area contributed by atoms with Crippen molar-refractivity contribution in [3.63, 3.8) is 0 Å². The molecule has 66 heavy (non-hydrogen) atoms. The van der Waals surface area contributed by atoms with Crippen molar-refractivity contribution in [3.05, 3.63) is 266 Å². The average Bonchev–Trinajstić information content (AvgIpc) is 3.39. The van der Waals surface area contributed by atoms with Crippen molar-refractivity contribution in [3.8, 4) is 66.8 Å². The lowest BCUT2D eigenvalue weighted by atomic mass is 9.84. The van der Waals surface area contributed by atoms with E-state index in [1.165, 1.54) is 115 Å². The van der Waals surface area contributed by atoms with Gasteiger partial charge in [0.2, 0.25) is 0 Å². The summed E-state index contributed by atoms with van der Waals surface area (Å²) in [5, 5.41) is 10.1. The molecule has 0 aliphatic rings. The van der Waals surface area contributed by atoms with Crippen LogP contribution in [0.1, 0.15) is 11.1 Å². The summed E-state index contributed by atoms with van der Waals surface area (Å²) in [6.45, 7) is 0. The topological polar surface area (TPSA) is 0 Å². The molecule has 0 saturated heterocycles. The predicted octanol–water partition coefficient (Wildman–Crippen LogP) is 18.5. The average molecular weight is 837 g/mol. The first-order chi connectivity index (χ1) is 32.8. The van der Waals surface area contributed by atoms with Crippen LogP contribution < -0.4 is 0 Å². The van der Waals surface area contributed by atoms with Crippen LogP contribution in [0.3, 0.4) is 0 Å². The minimum Gasteiger partial charge on any atom is -0.0622 e. The molecular weight excluding hydrogens is 793 g/mol. The van der Waals surface area contributed by atoms with E-state index >= 15 is 0 Å². The predicted molar refractivity (Wildman–Crippen MR) is 284 cm³/mol. The van der Waals surface area contributed by atoms with Gasteiger partial charge in [0.25, 0.3) is 0 Å². The second-order valence-electron chi connectivity index (χ2n) is 17.1. The van der Waals surface area contributed by atoms with E-state index in [0.717, 1.165) is 5.56 Å². The normalized spacial score (nSPS) is 11.6. The summed E-state index contributed by atoms with van der Waals surface area (Å²) < 4.78 is 0. The minimum absolute atomic E-state index is 1.15. The molecule has 12 rings (SSSR count). The Kier molecular flexibility index (Phi) is 9.97. The van der Waals surface area contributed by atoms with Crippen LogP contribution in [0.15, 0.2) is 255 Å². The Hall–Kier alpha value is -8.58. The highest BCUT2D eigenvalue weighted by atomic mass is 14.2. The molecule has 0 bridgehead atoms. The number of benzene rings is 12. The van der Waals surface area contributed by atoms with Crippen LogP contribution in [0.2, 0.25) is 0 Å². The van der Waals surface area contributed by atoms with Gasteiger partial charge in [0, 0.05) is 0 Å². The molecule has 0 fully saturated rings. The van der Waals surface area contributed by atoms with Crippen molar-refractivity contribution < 1.29 is 0 Å². The molecule has 0 heteroatoms. The Labute approximate surface area is 386 Å². The fourth-order valence-electron chi connectivity index (χ4n) is 10.3. The van der Waals surface area contributed by atoms with Crippen molar-refractivity contribution in [1.29, 1.82) is 0 Å². The second-order valence-corrected chi connectivity index (χ2v) is 17.1. The van der Waals surface area contributed by atoms with Gasteiger partial charge in [-0.2, -0.15) is 0 Å². The summed E-state index contributed by atoms with van der Waals surface area (Å²) >= 11 is 0. The van der Waals surface area contributed by atoms with E-state index in [1.807, 2.05) is 0 Å². The Bertz CT molecular complexity index is 3710. The maximum Gasteiger partial charge on any atom is -0.00262 e. The van der Waals surface area contributed by atoms with Crippen LogP contribution in [0.4, 0.5) is 0 Å². The molecular formula is C66H44. The van der Waals surface area contributed by atoms with Crippen LogP contribution in [0.5, 0.6) is 0 Å². The Morgan fingerprint density at radius 1 is 0.197 bits per heavy atom. The third kappa shape index (κ3) is 6.97. The zero-order chi connectivity index (χ0) is 43.8. The van der Waals surface area contributed by atoms with Gasteiger partial charge >= 0.3 is 0 Å². The first-order valence-electron chi connectivity index (χ1n) is 22.8. The largest absolute Gasteiger partial charge is 0.0622 e. The lowest BCUT2D eigenvalue weighted by Crippen LogP contribution is -1.92. The van der Waals surface area contributed by atoms with Crippen LogP contribution in [0, 0.1) is 0 Å². The highest BCUT2D eigenvalue weighted by Gasteiger charge is 2.19. The van der Waals surface area contributed by atoms with Crippen LogP contribution >= 0.6 is 0 Å². The molecule has 0 aromatic heterocycles. The maximum absolute atomic E-state index is 2.41. The molecule has 0 amide bonds. The number of hydrogen-bond acceptors (Lipinski definition) is 0. The second kappa shape index (κ2) is 16.8. The molecule has 0 atom stereocenters. The number of hydrogen-bond donors (Lipinski definition) is 0. The molecule has 12 aromatic carbocycles. The minimum atomic E-state index is 1.15. The monoisotopic (exact) mass is 836 g/mol. The third-order valence-electron chi connectivity index (χ3n) is 13.3. The van der Waals surface area contributed by atoms with E-state index < -0.39 is 0 Å². The zero-order valence-electron chi connectivity index (χ0n) is 36.4. The fraction of sp³-hybridized carbons (Fsp3) is 0. The Morgan fingerprint density at radius 3 is 1.09 bits per heavy atom.